The number of nitrogens with one attached hydrogen (secondary N) is 1. The molecule has 5 nitrogen and oxygen atoms in total. The molecule has 1 aliphatic carbocycles. The quantitative estimate of drug-likeness (QED) is 0.289. The number of amides is 1. The first-order valence-corrected chi connectivity index (χ1v) is 12.9. The molecule has 1 fully saturated rings. The van der Waals surface area contributed by atoms with Gasteiger partial charge in [-0.15, -0.1) is 0 Å². The average Bonchev–Trinajstić information content (AvgIpc) is 3.67. The van der Waals surface area contributed by atoms with E-state index in [0.29, 0.717) is 23.3 Å². The number of hydrogen-bond acceptors (Lipinski definition) is 4. The van der Waals surface area contributed by atoms with Crippen LogP contribution in [0.4, 0.5) is 0 Å². The topological polar surface area (TPSA) is 73.6 Å². The molecule has 35 heavy (non-hydrogen) atoms. The summed E-state index contributed by atoms with van der Waals surface area (Å²) in [5, 5.41) is 3.96. The molecule has 0 spiro atoms. The van der Waals surface area contributed by atoms with Gasteiger partial charge in [-0.1, -0.05) is 67.1 Å². The summed E-state index contributed by atoms with van der Waals surface area (Å²) in [6.45, 7) is 6.18. The van der Waals surface area contributed by atoms with Crippen molar-refractivity contribution in [3.05, 3.63) is 81.3 Å². The second-order valence-corrected chi connectivity index (χ2v) is 9.67. The van der Waals surface area contributed by atoms with Gasteiger partial charge in [0, 0.05) is 35.1 Å². The van der Waals surface area contributed by atoms with Crippen molar-refractivity contribution in [1.82, 2.24) is 5.32 Å². The van der Waals surface area contributed by atoms with Crippen LogP contribution in [0.3, 0.4) is 0 Å². The summed E-state index contributed by atoms with van der Waals surface area (Å²) in [5.74, 6) is 1.85. The van der Waals surface area contributed by atoms with Crippen LogP contribution in [0.2, 0.25) is 5.02 Å². The molecule has 3 aromatic carbocycles. The lowest BCUT2D eigenvalue weighted by molar-refractivity contribution is -0.115. The molecule has 186 valence electrons. The third-order valence-corrected chi connectivity index (χ3v) is 6.63. The molecule has 7 heteroatoms. The second-order valence-electron chi connectivity index (χ2n) is 8.47. The molecule has 0 bridgehead atoms. The van der Waals surface area contributed by atoms with E-state index in [4.69, 9.17) is 21.1 Å². The summed E-state index contributed by atoms with van der Waals surface area (Å²) in [6, 6.07) is 20.4. The Morgan fingerprint density at radius 2 is 1.77 bits per heavy atom. The first-order chi connectivity index (χ1) is 16.9. The molecule has 0 heterocycles. The predicted molar refractivity (Wildman–Crippen MR) is 146 cm³/mol. The predicted octanol–water partition coefficient (Wildman–Crippen LogP) is 6.74. The number of benzene rings is 3. The van der Waals surface area contributed by atoms with E-state index in [-0.39, 0.29) is 5.91 Å². The van der Waals surface area contributed by atoms with Gasteiger partial charge in [0.2, 0.25) is 5.91 Å². The van der Waals surface area contributed by atoms with Gasteiger partial charge in [-0.3, -0.25) is 4.79 Å². The Labute approximate surface area is 221 Å². The molecule has 0 aliphatic heterocycles. The van der Waals surface area contributed by atoms with Crippen LogP contribution in [0.1, 0.15) is 37.8 Å². The van der Waals surface area contributed by atoms with Crippen molar-refractivity contribution in [2.75, 3.05) is 13.2 Å². The minimum Gasteiger partial charge on any atom is -0.493 e. The van der Waals surface area contributed by atoms with Crippen molar-refractivity contribution in [3.8, 4) is 22.6 Å². The Morgan fingerprint density at radius 3 is 2.43 bits per heavy atom. The Kier molecular flexibility index (Phi) is 10.5. The summed E-state index contributed by atoms with van der Waals surface area (Å²) >= 11 is 10.3. The van der Waals surface area contributed by atoms with Crippen molar-refractivity contribution in [2.24, 2.45) is 11.7 Å². The maximum Gasteiger partial charge on any atom is 0.214 e. The summed E-state index contributed by atoms with van der Waals surface area (Å²) < 4.78 is 13.3. The minimum atomic E-state index is -0.333. The smallest absolute Gasteiger partial charge is 0.214 e. The lowest BCUT2D eigenvalue weighted by Gasteiger charge is -2.16. The summed E-state index contributed by atoms with van der Waals surface area (Å²) in [5.41, 5.74) is 8.90. The highest BCUT2D eigenvalue weighted by atomic mass is 79.9. The number of carbonyl (C=O) groups is 1. The molecule has 0 saturated heterocycles. The highest BCUT2D eigenvalue weighted by Gasteiger charge is 2.23. The first-order valence-electron chi connectivity index (χ1n) is 11.8. The highest BCUT2D eigenvalue weighted by Crippen LogP contribution is 2.37. The lowest BCUT2D eigenvalue weighted by Crippen LogP contribution is -2.13. The van der Waals surface area contributed by atoms with Crippen LogP contribution >= 0.6 is 27.5 Å². The van der Waals surface area contributed by atoms with Crippen LogP contribution in [0.5, 0.6) is 11.5 Å². The van der Waals surface area contributed by atoms with E-state index in [1.54, 1.807) is 0 Å². The highest BCUT2D eigenvalue weighted by molar-refractivity contribution is 9.10. The molecular formula is C28H32BrClN2O3. The number of primary amides is 1. The molecule has 3 N–H and O–H groups in total. The normalized spacial score (nSPS) is 12.5. The Hall–Kier alpha value is -2.54. The largest absolute Gasteiger partial charge is 0.493 e. The monoisotopic (exact) mass is 558 g/mol. The van der Waals surface area contributed by atoms with Crippen molar-refractivity contribution in [2.45, 2.75) is 39.8 Å². The fraction of sp³-hybridized carbons (Fsp3) is 0.321. The Bertz CT molecular complexity index is 1120. The zero-order chi connectivity index (χ0) is 25.2. The standard InChI is InChI=1S/C26H27BrClNO2.C2H5NO/c1-2-29-15-21-13-23(28)25(14-24(21)30-16-18-11-12-18)31-17-20-9-6-10-22(26(20)27)19-7-4-3-5-8-19;1-2(3)4/h3-10,13-14,18,29H,2,11-12,15-17H2,1H3;1H3,(H2,3,4). The second kappa shape index (κ2) is 13.5. The minimum absolute atomic E-state index is 0.333. The van der Waals surface area contributed by atoms with Gasteiger partial charge in [0.25, 0.3) is 0 Å². The van der Waals surface area contributed by atoms with Gasteiger partial charge in [-0.25, -0.2) is 0 Å². The number of halogens is 2. The Morgan fingerprint density at radius 1 is 1.06 bits per heavy atom. The summed E-state index contributed by atoms with van der Waals surface area (Å²) in [6.07, 6.45) is 2.51. The van der Waals surface area contributed by atoms with E-state index < -0.39 is 0 Å². The van der Waals surface area contributed by atoms with Crippen LogP contribution in [0, 0.1) is 5.92 Å². The molecular weight excluding hydrogens is 528 g/mol. The molecule has 0 unspecified atom stereocenters. The fourth-order valence-corrected chi connectivity index (χ4v) is 4.25. The summed E-state index contributed by atoms with van der Waals surface area (Å²) in [4.78, 5) is 9.22. The van der Waals surface area contributed by atoms with Crippen molar-refractivity contribution in [1.29, 1.82) is 0 Å². The van der Waals surface area contributed by atoms with E-state index in [9.17, 15) is 4.79 Å². The number of rotatable bonds is 10. The molecule has 1 aliphatic rings. The zero-order valence-electron chi connectivity index (χ0n) is 20.2. The van der Waals surface area contributed by atoms with E-state index in [1.165, 1.54) is 19.8 Å². The molecule has 4 rings (SSSR count). The van der Waals surface area contributed by atoms with E-state index in [1.807, 2.05) is 30.3 Å². The number of hydrogen-bond donors (Lipinski definition) is 2. The fourth-order valence-electron chi connectivity index (χ4n) is 3.40. The zero-order valence-corrected chi connectivity index (χ0v) is 22.5. The maximum atomic E-state index is 9.22. The maximum absolute atomic E-state index is 9.22. The number of nitrogens with two attached hydrogens (primary N) is 1. The molecule has 1 amide bonds. The molecule has 1 saturated carbocycles. The summed E-state index contributed by atoms with van der Waals surface area (Å²) in [7, 11) is 0. The van der Waals surface area contributed by atoms with Gasteiger partial charge >= 0.3 is 0 Å². The van der Waals surface area contributed by atoms with Gasteiger partial charge in [0.05, 0.1) is 11.6 Å². The van der Waals surface area contributed by atoms with Gasteiger partial charge in [-0.2, -0.15) is 0 Å². The SMILES string of the molecule is CC(N)=O.CCNCc1cc(Cl)c(OCc2cccc(-c3ccccc3)c2Br)cc1OCC1CC1. The van der Waals surface area contributed by atoms with E-state index in [2.05, 4.69) is 64.2 Å². The van der Waals surface area contributed by atoms with Crippen LogP contribution in [0.15, 0.2) is 65.1 Å². The number of carbonyl (C=O) groups excluding carboxylic acids is 1. The molecule has 0 aromatic heterocycles. The van der Waals surface area contributed by atoms with E-state index >= 15 is 0 Å². The van der Waals surface area contributed by atoms with Crippen LogP contribution in [-0.2, 0) is 17.9 Å². The van der Waals surface area contributed by atoms with Crippen LogP contribution < -0.4 is 20.5 Å². The third kappa shape index (κ3) is 8.57. The van der Waals surface area contributed by atoms with Gasteiger partial charge < -0.3 is 20.5 Å². The van der Waals surface area contributed by atoms with Crippen LogP contribution in [0.25, 0.3) is 11.1 Å². The van der Waals surface area contributed by atoms with Gasteiger partial charge in [0.15, 0.2) is 0 Å². The Balaban J connectivity index is 0.000000795. The molecule has 0 radical (unpaired) electrons. The van der Waals surface area contributed by atoms with Crippen molar-refractivity contribution in [3.63, 3.8) is 0 Å². The first kappa shape index (κ1) is 27.1. The van der Waals surface area contributed by atoms with Crippen molar-refractivity contribution < 1.29 is 14.3 Å². The van der Waals surface area contributed by atoms with Crippen LogP contribution in [-0.4, -0.2) is 19.1 Å². The van der Waals surface area contributed by atoms with Crippen molar-refractivity contribution >= 4 is 33.4 Å². The lowest BCUT2D eigenvalue weighted by atomic mass is 10.0. The molecule has 3 aromatic rings. The van der Waals surface area contributed by atoms with Gasteiger partial charge in [-0.05, 0) is 58.4 Å². The average molecular weight is 560 g/mol. The number of ether oxygens (including phenoxy) is 2. The van der Waals surface area contributed by atoms with Gasteiger partial charge in [0.1, 0.15) is 18.1 Å². The van der Waals surface area contributed by atoms with E-state index in [0.717, 1.165) is 52.2 Å². The third-order valence-electron chi connectivity index (χ3n) is 5.40. The molecule has 0 atom stereocenters.